The zero-order valence-electron chi connectivity index (χ0n) is 14.4. The van der Waals surface area contributed by atoms with Gasteiger partial charge in [0, 0.05) is 6.54 Å². The quantitative estimate of drug-likeness (QED) is 0.703. The molecule has 0 unspecified atom stereocenters. The Balaban J connectivity index is 1.66. The van der Waals surface area contributed by atoms with Gasteiger partial charge in [-0.25, -0.2) is 4.98 Å². The Morgan fingerprint density at radius 1 is 1.04 bits per heavy atom. The van der Waals surface area contributed by atoms with E-state index in [1.54, 1.807) is 6.20 Å². The topological polar surface area (TPSA) is 46.1 Å². The van der Waals surface area contributed by atoms with Crippen LogP contribution in [0, 0.1) is 6.92 Å². The minimum Gasteiger partial charge on any atom is -0.330 e. The van der Waals surface area contributed by atoms with Crippen LogP contribution in [0.4, 0.5) is 0 Å². The lowest BCUT2D eigenvalue weighted by molar-refractivity contribution is 0.0605. The molecule has 1 aliphatic heterocycles. The minimum atomic E-state index is -0.0245. The number of piperidine rings is 1. The average molecular weight is 331 g/mol. The molecule has 2 aromatic carbocycles. The summed E-state index contributed by atoms with van der Waals surface area (Å²) in [5.74, 6) is -0.0245. The van der Waals surface area contributed by atoms with Crippen LogP contribution in [-0.4, -0.2) is 27.3 Å². The summed E-state index contributed by atoms with van der Waals surface area (Å²) >= 11 is 0. The van der Waals surface area contributed by atoms with E-state index in [9.17, 15) is 4.79 Å². The van der Waals surface area contributed by atoms with Gasteiger partial charge in [0.15, 0.2) is 0 Å². The molecule has 4 heteroatoms. The van der Waals surface area contributed by atoms with Crippen molar-refractivity contribution >= 4 is 16.9 Å². The van der Waals surface area contributed by atoms with Gasteiger partial charge in [-0.3, -0.25) is 9.78 Å². The maximum Gasteiger partial charge on any atom is 0.274 e. The molecule has 2 heterocycles. The molecule has 1 aromatic heterocycles. The second-order valence-corrected chi connectivity index (χ2v) is 6.66. The van der Waals surface area contributed by atoms with E-state index in [0.717, 1.165) is 36.8 Å². The number of aromatic nitrogens is 2. The first-order chi connectivity index (χ1) is 12.2. The number of aryl methyl sites for hydroxylation is 1. The van der Waals surface area contributed by atoms with Gasteiger partial charge in [0.05, 0.1) is 23.3 Å². The Morgan fingerprint density at radius 3 is 2.60 bits per heavy atom. The number of benzene rings is 2. The Morgan fingerprint density at radius 2 is 1.80 bits per heavy atom. The van der Waals surface area contributed by atoms with Crippen LogP contribution < -0.4 is 0 Å². The van der Waals surface area contributed by atoms with Crippen LogP contribution in [0.1, 0.15) is 46.9 Å². The number of fused-ring (bicyclic) bond motifs is 1. The number of hydrogen-bond acceptors (Lipinski definition) is 3. The maximum atomic E-state index is 13.1. The van der Waals surface area contributed by atoms with E-state index in [4.69, 9.17) is 0 Å². The van der Waals surface area contributed by atoms with E-state index >= 15 is 0 Å². The molecule has 126 valence electrons. The molecule has 1 fully saturated rings. The largest absolute Gasteiger partial charge is 0.330 e. The second kappa shape index (κ2) is 6.63. The van der Waals surface area contributed by atoms with Gasteiger partial charge < -0.3 is 4.90 Å². The van der Waals surface area contributed by atoms with Crippen LogP contribution in [0.5, 0.6) is 0 Å². The molecular formula is C21H21N3O. The highest BCUT2D eigenvalue weighted by Crippen LogP contribution is 2.32. The lowest BCUT2D eigenvalue weighted by Crippen LogP contribution is -2.39. The number of likely N-dealkylation sites (tertiary alicyclic amines) is 1. The standard InChI is InChI=1S/C21H21N3O/c1-15-9-11-16(12-10-15)20-8-4-5-13-24(20)21(25)19-14-22-17-6-2-3-7-18(17)23-19/h2-3,6-7,9-12,14,20H,4-5,8,13H2,1H3/t20-/m0/s1. The highest BCUT2D eigenvalue weighted by atomic mass is 16.2. The van der Waals surface area contributed by atoms with Crippen LogP contribution in [0.15, 0.2) is 54.7 Å². The van der Waals surface area contributed by atoms with Gasteiger partial charge in [0.1, 0.15) is 5.69 Å². The van der Waals surface area contributed by atoms with Crippen molar-refractivity contribution in [3.63, 3.8) is 0 Å². The van der Waals surface area contributed by atoms with Crippen molar-refractivity contribution in [1.29, 1.82) is 0 Å². The van der Waals surface area contributed by atoms with Crippen molar-refractivity contribution in [2.45, 2.75) is 32.2 Å². The van der Waals surface area contributed by atoms with Crippen molar-refractivity contribution in [2.75, 3.05) is 6.54 Å². The van der Waals surface area contributed by atoms with Crippen LogP contribution in [0.2, 0.25) is 0 Å². The number of carbonyl (C=O) groups is 1. The number of carbonyl (C=O) groups excluding carboxylic acids is 1. The van der Waals surface area contributed by atoms with Gasteiger partial charge in [-0.15, -0.1) is 0 Å². The first-order valence-corrected chi connectivity index (χ1v) is 8.82. The minimum absolute atomic E-state index is 0.0245. The fourth-order valence-electron chi connectivity index (χ4n) is 3.52. The van der Waals surface area contributed by atoms with E-state index in [2.05, 4.69) is 41.2 Å². The van der Waals surface area contributed by atoms with Gasteiger partial charge in [-0.2, -0.15) is 0 Å². The zero-order chi connectivity index (χ0) is 17.2. The van der Waals surface area contributed by atoms with Gasteiger partial charge in [0.25, 0.3) is 5.91 Å². The molecular weight excluding hydrogens is 310 g/mol. The predicted octanol–water partition coefficient (Wildman–Crippen LogP) is 4.31. The Bertz CT molecular complexity index is 904. The summed E-state index contributed by atoms with van der Waals surface area (Å²) in [6.45, 7) is 2.85. The normalized spacial score (nSPS) is 17.6. The molecule has 1 atom stereocenters. The monoisotopic (exact) mass is 331 g/mol. The smallest absolute Gasteiger partial charge is 0.274 e. The summed E-state index contributed by atoms with van der Waals surface area (Å²) < 4.78 is 0. The summed E-state index contributed by atoms with van der Waals surface area (Å²) in [6, 6.07) is 16.3. The molecule has 0 spiro atoms. The van der Waals surface area contributed by atoms with Crippen molar-refractivity contribution < 1.29 is 4.79 Å². The summed E-state index contributed by atoms with van der Waals surface area (Å²) in [7, 11) is 0. The summed E-state index contributed by atoms with van der Waals surface area (Å²) in [6.07, 6.45) is 4.78. The third kappa shape index (κ3) is 3.12. The van der Waals surface area contributed by atoms with E-state index in [1.165, 1.54) is 11.1 Å². The van der Waals surface area contributed by atoms with Crippen molar-refractivity contribution in [1.82, 2.24) is 14.9 Å². The third-order valence-corrected chi connectivity index (χ3v) is 4.89. The summed E-state index contributed by atoms with van der Waals surface area (Å²) in [4.78, 5) is 24.0. The van der Waals surface area contributed by atoms with Gasteiger partial charge in [-0.1, -0.05) is 42.0 Å². The van der Waals surface area contributed by atoms with Crippen molar-refractivity contribution in [3.8, 4) is 0 Å². The molecule has 1 saturated heterocycles. The molecule has 0 saturated carbocycles. The van der Waals surface area contributed by atoms with E-state index in [1.807, 2.05) is 29.2 Å². The van der Waals surface area contributed by atoms with Gasteiger partial charge in [0.2, 0.25) is 0 Å². The first kappa shape index (κ1) is 15.8. The summed E-state index contributed by atoms with van der Waals surface area (Å²) in [5.41, 5.74) is 4.44. The zero-order valence-corrected chi connectivity index (χ0v) is 14.4. The SMILES string of the molecule is Cc1ccc([C@@H]2CCCCN2C(=O)c2cnc3ccccc3n2)cc1. The third-order valence-electron chi connectivity index (χ3n) is 4.89. The molecule has 0 aliphatic carbocycles. The maximum absolute atomic E-state index is 13.1. The average Bonchev–Trinajstić information content (AvgIpc) is 2.68. The molecule has 0 radical (unpaired) electrons. The van der Waals surface area contributed by atoms with Gasteiger partial charge in [-0.05, 0) is 43.9 Å². The fourth-order valence-corrected chi connectivity index (χ4v) is 3.52. The van der Waals surface area contributed by atoms with E-state index in [0.29, 0.717) is 5.69 Å². The van der Waals surface area contributed by atoms with Crippen LogP contribution in [0.3, 0.4) is 0 Å². The number of para-hydroxylation sites is 2. The number of hydrogen-bond donors (Lipinski definition) is 0. The molecule has 4 rings (SSSR count). The first-order valence-electron chi connectivity index (χ1n) is 8.82. The van der Waals surface area contributed by atoms with Crippen molar-refractivity contribution in [2.24, 2.45) is 0 Å². The van der Waals surface area contributed by atoms with Crippen LogP contribution in [-0.2, 0) is 0 Å². The molecule has 0 N–H and O–H groups in total. The molecule has 1 aliphatic rings. The molecule has 4 nitrogen and oxygen atoms in total. The van der Waals surface area contributed by atoms with Crippen LogP contribution in [0.25, 0.3) is 11.0 Å². The Hall–Kier alpha value is -2.75. The van der Waals surface area contributed by atoms with Crippen LogP contribution >= 0.6 is 0 Å². The molecule has 3 aromatic rings. The highest BCUT2D eigenvalue weighted by Gasteiger charge is 2.29. The molecule has 1 amide bonds. The number of rotatable bonds is 2. The lowest BCUT2D eigenvalue weighted by Gasteiger charge is -2.36. The molecule has 0 bridgehead atoms. The molecule has 25 heavy (non-hydrogen) atoms. The lowest BCUT2D eigenvalue weighted by atomic mass is 9.94. The highest BCUT2D eigenvalue weighted by molar-refractivity contribution is 5.94. The fraction of sp³-hybridized carbons (Fsp3) is 0.286. The Kier molecular flexibility index (Phi) is 4.18. The predicted molar refractivity (Wildman–Crippen MR) is 98.3 cm³/mol. The van der Waals surface area contributed by atoms with E-state index < -0.39 is 0 Å². The van der Waals surface area contributed by atoms with E-state index in [-0.39, 0.29) is 11.9 Å². The Labute approximate surface area is 147 Å². The summed E-state index contributed by atoms with van der Waals surface area (Å²) in [5, 5.41) is 0. The van der Waals surface area contributed by atoms with Crippen molar-refractivity contribution in [3.05, 3.63) is 71.5 Å². The number of nitrogens with zero attached hydrogens (tertiary/aromatic N) is 3. The number of amides is 1. The van der Waals surface area contributed by atoms with Gasteiger partial charge >= 0.3 is 0 Å². The second-order valence-electron chi connectivity index (χ2n) is 6.66.